The van der Waals surface area contributed by atoms with Gasteiger partial charge in [0.05, 0.1) is 0 Å². The number of anilines is 1. The highest BCUT2D eigenvalue weighted by Crippen LogP contribution is 2.05. The first-order valence-corrected chi connectivity index (χ1v) is 3.69. The van der Waals surface area contributed by atoms with E-state index in [1.54, 1.807) is 7.05 Å². The van der Waals surface area contributed by atoms with Gasteiger partial charge < -0.3 is 5.32 Å². The maximum atomic E-state index is 10.7. The van der Waals surface area contributed by atoms with E-state index in [1.807, 2.05) is 0 Å². The van der Waals surface area contributed by atoms with Gasteiger partial charge in [-0.1, -0.05) is 0 Å². The molecule has 0 atom stereocenters. The molecule has 1 aromatic rings. The first-order valence-electron chi connectivity index (χ1n) is 2.91. The van der Waals surface area contributed by atoms with Gasteiger partial charge in [0, 0.05) is 14.0 Å². The third-order valence-electron chi connectivity index (χ3n) is 0.973. The van der Waals surface area contributed by atoms with Crippen LogP contribution in [0.3, 0.4) is 0 Å². The Morgan fingerprint density at radius 1 is 1.73 bits per heavy atom. The molecule has 1 rings (SSSR count). The molecule has 6 heteroatoms. The molecule has 0 bridgehead atoms. The molecule has 1 N–H and O–H groups in total. The summed E-state index contributed by atoms with van der Waals surface area (Å²) in [6.07, 6.45) is 0. The molecule has 0 aliphatic heterocycles. The Bertz CT molecular complexity index is 327. The normalized spacial score (nSPS) is 9.64. The zero-order valence-electron chi connectivity index (χ0n) is 6.12. The second-order valence-corrected chi connectivity index (χ2v) is 3.09. The van der Waals surface area contributed by atoms with Crippen LogP contribution in [-0.4, -0.2) is 14.8 Å². The third kappa shape index (κ3) is 1.87. The van der Waals surface area contributed by atoms with E-state index in [4.69, 9.17) is 0 Å². The standard InChI is InChI=1S/C5H7N3O2S/c1-3(9)6-4-7-5(10)8(2)11-4/h1-2H3,(H,6,7,9,10). The van der Waals surface area contributed by atoms with Gasteiger partial charge >= 0.3 is 5.69 Å². The molecule has 1 heterocycles. The summed E-state index contributed by atoms with van der Waals surface area (Å²) in [6.45, 7) is 1.37. The minimum atomic E-state index is -0.348. The first-order chi connectivity index (χ1) is 5.09. The summed E-state index contributed by atoms with van der Waals surface area (Å²) >= 11 is 1.10. The minimum absolute atomic E-state index is 0.223. The summed E-state index contributed by atoms with van der Waals surface area (Å²) in [5.74, 6) is -0.223. The Morgan fingerprint density at radius 3 is 2.73 bits per heavy atom. The van der Waals surface area contributed by atoms with Crippen molar-refractivity contribution in [1.29, 1.82) is 0 Å². The van der Waals surface area contributed by atoms with Gasteiger partial charge in [-0.15, -0.1) is 0 Å². The van der Waals surface area contributed by atoms with E-state index in [0.29, 0.717) is 5.13 Å². The van der Waals surface area contributed by atoms with Crippen LogP contribution in [0.5, 0.6) is 0 Å². The molecule has 11 heavy (non-hydrogen) atoms. The molecule has 0 saturated heterocycles. The zero-order valence-corrected chi connectivity index (χ0v) is 6.94. The molecule has 0 aliphatic carbocycles. The first kappa shape index (κ1) is 7.93. The quantitative estimate of drug-likeness (QED) is 0.639. The van der Waals surface area contributed by atoms with E-state index in [1.165, 1.54) is 10.9 Å². The van der Waals surface area contributed by atoms with Crippen molar-refractivity contribution in [2.45, 2.75) is 6.92 Å². The molecular weight excluding hydrogens is 166 g/mol. The number of hydrogen-bond donors (Lipinski definition) is 1. The monoisotopic (exact) mass is 173 g/mol. The molecule has 0 radical (unpaired) electrons. The molecule has 60 valence electrons. The van der Waals surface area contributed by atoms with Gasteiger partial charge in [0.25, 0.3) is 0 Å². The molecule has 0 aliphatic rings. The highest BCUT2D eigenvalue weighted by molar-refractivity contribution is 7.10. The summed E-state index contributed by atoms with van der Waals surface area (Å²) in [5.41, 5.74) is -0.348. The molecule has 0 unspecified atom stereocenters. The number of carbonyl (C=O) groups is 1. The van der Waals surface area contributed by atoms with Crippen LogP contribution in [0.1, 0.15) is 6.92 Å². The number of aryl methyl sites for hydroxylation is 1. The maximum Gasteiger partial charge on any atom is 0.359 e. The van der Waals surface area contributed by atoms with Crippen LogP contribution < -0.4 is 11.0 Å². The lowest BCUT2D eigenvalue weighted by Crippen LogP contribution is -2.11. The fraction of sp³-hybridized carbons (Fsp3) is 0.400. The average molecular weight is 173 g/mol. The SMILES string of the molecule is CC(=O)Nc1nc(=O)n(C)s1. The number of carbonyl (C=O) groups excluding carboxylic acids is 1. The smallest absolute Gasteiger partial charge is 0.301 e. The molecule has 0 fully saturated rings. The molecular formula is C5H7N3O2S. The van der Waals surface area contributed by atoms with Crippen LogP contribution in [0.4, 0.5) is 5.13 Å². The lowest BCUT2D eigenvalue weighted by Gasteiger charge is -1.90. The van der Waals surface area contributed by atoms with E-state index in [0.717, 1.165) is 11.5 Å². The zero-order chi connectivity index (χ0) is 8.43. The third-order valence-corrected chi connectivity index (χ3v) is 1.77. The van der Waals surface area contributed by atoms with Crippen molar-refractivity contribution in [2.24, 2.45) is 7.05 Å². The van der Waals surface area contributed by atoms with Crippen LogP contribution in [0.15, 0.2) is 4.79 Å². The van der Waals surface area contributed by atoms with Gasteiger partial charge in [-0.25, -0.2) is 8.75 Å². The predicted octanol–water partition coefficient (Wildman–Crippen LogP) is -0.200. The van der Waals surface area contributed by atoms with Gasteiger partial charge in [-0.3, -0.25) is 4.79 Å². The van der Waals surface area contributed by atoms with Crippen LogP contribution in [0, 0.1) is 0 Å². The van der Waals surface area contributed by atoms with Crippen molar-refractivity contribution in [3.63, 3.8) is 0 Å². The van der Waals surface area contributed by atoms with Crippen LogP contribution in [-0.2, 0) is 11.8 Å². The Morgan fingerprint density at radius 2 is 2.36 bits per heavy atom. The molecule has 0 saturated carbocycles. The van der Waals surface area contributed by atoms with Crippen molar-refractivity contribution in [2.75, 3.05) is 5.32 Å². The van der Waals surface area contributed by atoms with E-state index in [9.17, 15) is 9.59 Å². The topological polar surface area (TPSA) is 64.0 Å². The summed E-state index contributed by atoms with van der Waals surface area (Å²) in [5, 5.41) is 2.75. The van der Waals surface area contributed by atoms with Crippen LogP contribution in [0.25, 0.3) is 0 Å². The van der Waals surface area contributed by atoms with Gasteiger partial charge in [-0.2, -0.15) is 4.98 Å². The Hall–Kier alpha value is -1.17. The number of rotatable bonds is 1. The fourth-order valence-electron chi connectivity index (χ4n) is 0.548. The van der Waals surface area contributed by atoms with Gasteiger partial charge in [0.15, 0.2) is 0 Å². The lowest BCUT2D eigenvalue weighted by atomic mass is 10.7. The van der Waals surface area contributed by atoms with Gasteiger partial charge in [0.1, 0.15) is 0 Å². The van der Waals surface area contributed by atoms with Gasteiger partial charge in [0.2, 0.25) is 11.0 Å². The van der Waals surface area contributed by atoms with E-state index in [-0.39, 0.29) is 11.6 Å². The Labute approximate surface area is 66.8 Å². The maximum absolute atomic E-state index is 10.7. The highest BCUT2D eigenvalue weighted by atomic mass is 32.1. The van der Waals surface area contributed by atoms with Crippen molar-refractivity contribution in [3.8, 4) is 0 Å². The van der Waals surface area contributed by atoms with Crippen molar-refractivity contribution in [3.05, 3.63) is 10.5 Å². The molecule has 0 spiro atoms. The number of amides is 1. The summed E-state index contributed by atoms with van der Waals surface area (Å²) < 4.78 is 1.34. The lowest BCUT2D eigenvalue weighted by molar-refractivity contribution is -0.114. The van der Waals surface area contributed by atoms with Crippen LogP contribution in [0.2, 0.25) is 0 Å². The number of hydrogen-bond acceptors (Lipinski definition) is 4. The van der Waals surface area contributed by atoms with Crippen molar-refractivity contribution < 1.29 is 4.79 Å². The number of nitrogens with zero attached hydrogens (tertiary/aromatic N) is 2. The molecule has 1 amide bonds. The molecule has 1 aromatic heterocycles. The van der Waals surface area contributed by atoms with Crippen molar-refractivity contribution in [1.82, 2.24) is 8.94 Å². The second kappa shape index (κ2) is 2.83. The van der Waals surface area contributed by atoms with Gasteiger partial charge in [-0.05, 0) is 11.5 Å². The van der Waals surface area contributed by atoms with E-state index >= 15 is 0 Å². The second-order valence-electron chi connectivity index (χ2n) is 1.97. The Kier molecular flexibility index (Phi) is 2.04. The van der Waals surface area contributed by atoms with E-state index in [2.05, 4.69) is 10.3 Å². The summed E-state index contributed by atoms with van der Waals surface area (Å²) in [7, 11) is 1.59. The summed E-state index contributed by atoms with van der Waals surface area (Å²) in [4.78, 5) is 24.8. The van der Waals surface area contributed by atoms with E-state index < -0.39 is 0 Å². The predicted molar refractivity (Wildman–Crippen MR) is 41.7 cm³/mol. The minimum Gasteiger partial charge on any atom is -0.301 e. The molecule has 0 aromatic carbocycles. The van der Waals surface area contributed by atoms with Crippen molar-refractivity contribution >= 4 is 22.6 Å². The number of aromatic nitrogens is 2. The summed E-state index contributed by atoms with van der Waals surface area (Å²) in [6, 6.07) is 0. The fourth-order valence-corrected chi connectivity index (χ4v) is 1.23. The molecule has 5 nitrogen and oxygen atoms in total. The average Bonchev–Trinajstić information content (AvgIpc) is 2.10. The Balaban J connectivity index is 2.89. The van der Waals surface area contributed by atoms with Crippen LogP contribution >= 0.6 is 11.5 Å². The highest BCUT2D eigenvalue weighted by Gasteiger charge is 2.02. The largest absolute Gasteiger partial charge is 0.359 e. The number of nitrogens with one attached hydrogen (secondary N) is 1.